The summed E-state index contributed by atoms with van der Waals surface area (Å²) in [4.78, 5) is 33.5. The first-order valence-corrected chi connectivity index (χ1v) is 14.8. The van der Waals surface area contributed by atoms with Crippen molar-refractivity contribution in [1.82, 2.24) is 19.9 Å². The number of rotatable bonds is 7. The summed E-state index contributed by atoms with van der Waals surface area (Å²) in [6, 6.07) is 10.1. The largest absolute Gasteiger partial charge is 0.480 e. The van der Waals surface area contributed by atoms with E-state index in [-0.39, 0.29) is 12.5 Å². The van der Waals surface area contributed by atoms with E-state index in [4.69, 9.17) is 14.7 Å². The lowest BCUT2D eigenvalue weighted by atomic mass is 9.89. The second kappa shape index (κ2) is 11.9. The predicted octanol–water partition coefficient (Wildman–Crippen LogP) is 5.03. The summed E-state index contributed by atoms with van der Waals surface area (Å²) in [5.41, 5.74) is 4.33. The van der Waals surface area contributed by atoms with Gasteiger partial charge in [0, 0.05) is 55.9 Å². The van der Waals surface area contributed by atoms with Gasteiger partial charge in [-0.15, -0.1) is 0 Å². The summed E-state index contributed by atoms with van der Waals surface area (Å²) in [6.45, 7) is 9.09. The van der Waals surface area contributed by atoms with E-state index in [2.05, 4.69) is 57.6 Å². The number of likely N-dealkylation sites (N-methyl/N-ethyl adjacent to an activating group) is 1. The van der Waals surface area contributed by atoms with Crippen LogP contribution in [0.5, 0.6) is 5.75 Å². The number of fused-ring (bicyclic) bond motifs is 1. The molecule has 0 bridgehead atoms. The van der Waals surface area contributed by atoms with Crippen LogP contribution in [-0.2, 0) is 4.79 Å². The summed E-state index contributed by atoms with van der Waals surface area (Å²) in [5.74, 6) is 3.46. The third kappa shape index (κ3) is 6.22. The van der Waals surface area contributed by atoms with E-state index in [1.807, 2.05) is 24.0 Å². The molecule has 0 unspecified atom stereocenters. The number of ether oxygens (including phenoxy) is 1. The SMILES string of the molecule is Cc1cc(Nc2ncc(C)c(Nc3ccc4c(n3)N(CC3CCCCC3)C(=O)CO4)n2)ccc1N1CCN(C)CC1. The minimum Gasteiger partial charge on any atom is -0.480 e. The number of carbonyl (C=O) groups is 1. The molecule has 6 rings (SSSR count). The first-order chi connectivity index (χ1) is 19.9. The van der Waals surface area contributed by atoms with E-state index in [0.29, 0.717) is 41.6 Å². The molecular weight excluding hydrogens is 516 g/mol. The van der Waals surface area contributed by atoms with Crippen molar-refractivity contribution in [2.45, 2.75) is 46.0 Å². The molecule has 41 heavy (non-hydrogen) atoms. The Morgan fingerprint density at radius 3 is 2.54 bits per heavy atom. The Morgan fingerprint density at radius 1 is 0.951 bits per heavy atom. The Labute approximate surface area is 242 Å². The summed E-state index contributed by atoms with van der Waals surface area (Å²) in [6.07, 6.45) is 7.86. The van der Waals surface area contributed by atoms with Crippen LogP contribution in [0.2, 0.25) is 0 Å². The fourth-order valence-electron chi connectivity index (χ4n) is 5.98. The van der Waals surface area contributed by atoms with Gasteiger partial charge in [-0.1, -0.05) is 19.3 Å². The number of nitrogens with one attached hydrogen (secondary N) is 2. The molecule has 2 aromatic heterocycles. The molecule has 0 radical (unpaired) electrons. The summed E-state index contributed by atoms with van der Waals surface area (Å²) in [5, 5.41) is 6.71. The van der Waals surface area contributed by atoms with Crippen molar-refractivity contribution in [3.8, 4) is 5.75 Å². The number of nitrogens with zero attached hydrogens (tertiary/aromatic N) is 6. The van der Waals surface area contributed by atoms with Gasteiger partial charge in [0.2, 0.25) is 5.95 Å². The zero-order valence-electron chi connectivity index (χ0n) is 24.3. The molecule has 10 nitrogen and oxygen atoms in total. The Kier molecular flexibility index (Phi) is 7.91. The van der Waals surface area contributed by atoms with Crippen LogP contribution in [-0.4, -0.2) is 72.1 Å². The molecule has 1 saturated carbocycles. The number of aryl methyl sites for hydroxylation is 2. The molecule has 3 aromatic rings. The van der Waals surface area contributed by atoms with Crippen molar-refractivity contribution in [2.24, 2.45) is 5.92 Å². The van der Waals surface area contributed by atoms with E-state index in [9.17, 15) is 4.79 Å². The van der Waals surface area contributed by atoms with Crippen molar-refractivity contribution < 1.29 is 9.53 Å². The highest BCUT2D eigenvalue weighted by Crippen LogP contribution is 2.35. The lowest BCUT2D eigenvalue weighted by Crippen LogP contribution is -2.44. The molecule has 216 valence electrons. The van der Waals surface area contributed by atoms with E-state index in [1.54, 1.807) is 6.20 Å². The van der Waals surface area contributed by atoms with Gasteiger partial charge in [-0.05, 0) is 75.5 Å². The van der Waals surface area contributed by atoms with Crippen LogP contribution in [0.4, 0.5) is 34.8 Å². The predicted molar refractivity (Wildman–Crippen MR) is 163 cm³/mol. The van der Waals surface area contributed by atoms with Crippen molar-refractivity contribution in [2.75, 3.05) is 66.8 Å². The molecule has 2 fully saturated rings. The van der Waals surface area contributed by atoms with Crippen LogP contribution in [0, 0.1) is 19.8 Å². The van der Waals surface area contributed by atoms with Gasteiger partial charge >= 0.3 is 0 Å². The minimum atomic E-state index is -0.0358. The number of amides is 1. The Morgan fingerprint density at radius 2 is 1.76 bits per heavy atom. The first-order valence-electron chi connectivity index (χ1n) is 14.8. The van der Waals surface area contributed by atoms with Crippen molar-refractivity contribution in [3.05, 3.63) is 47.7 Å². The minimum absolute atomic E-state index is 0.0358. The van der Waals surface area contributed by atoms with Crippen LogP contribution in [0.1, 0.15) is 43.2 Å². The number of pyridine rings is 1. The molecule has 10 heteroatoms. The third-order valence-electron chi connectivity index (χ3n) is 8.43. The van der Waals surface area contributed by atoms with E-state index >= 15 is 0 Å². The third-order valence-corrected chi connectivity index (χ3v) is 8.43. The molecule has 1 saturated heterocycles. The fourth-order valence-corrected chi connectivity index (χ4v) is 5.98. The number of hydrogen-bond donors (Lipinski definition) is 2. The number of hydrogen-bond acceptors (Lipinski definition) is 9. The molecule has 4 heterocycles. The van der Waals surface area contributed by atoms with Gasteiger partial charge in [0.05, 0.1) is 0 Å². The number of aromatic nitrogens is 3. The maximum absolute atomic E-state index is 12.8. The average molecular weight is 557 g/mol. The maximum atomic E-state index is 12.8. The normalized spacial score (nSPS) is 18.2. The van der Waals surface area contributed by atoms with Crippen LogP contribution < -0.4 is 25.2 Å². The van der Waals surface area contributed by atoms with E-state index in [0.717, 1.165) is 50.3 Å². The maximum Gasteiger partial charge on any atom is 0.266 e. The highest BCUT2D eigenvalue weighted by Gasteiger charge is 2.30. The standard InChI is InChI=1S/C31H40N8O2/c1-21-17-24(9-10-25(21)38-15-13-37(3)14-16-38)33-31-32-18-22(2)29(36-31)34-27-12-11-26-30(35-27)39(28(40)20-41-26)19-23-7-5-4-6-8-23/h9-12,17-18,23H,4-8,13-16,19-20H2,1-3H3,(H2,32,33,34,35,36). The van der Waals surface area contributed by atoms with E-state index < -0.39 is 0 Å². The Hall–Kier alpha value is -3.92. The van der Waals surface area contributed by atoms with Crippen molar-refractivity contribution in [1.29, 1.82) is 0 Å². The number of carbonyl (C=O) groups excluding carboxylic acids is 1. The quantitative estimate of drug-likeness (QED) is 0.415. The molecule has 1 aromatic carbocycles. The molecule has 1 aliphatic carbocycles. The highest BCUT2D eigenvalue weighted by molar-refractivity contribution is 5.97. The Bertz CT molecular complexity index is 1400. The lowest BCUT2D eigenvalue weighted by molar-refractivity contribution is -0.121. The fraction of sp³-hybridized carbons (Fsp3) is 0.484. The van der Waals surface area contributed by atoms with Gasteiger partial charge in [0.25, 0.3) is 5.91 Å². The lowest BCUT2D eigenvalue weighted by Gasteiger charge is -2.35. The molecule has 1 amide bonds. The van der Waals surface area contributed by atoms with Crippen LogP contribution in [0.15, 0.2) is 36.5 Å². The van der Waals surface area contributed by atoms with Gasteiger partial charge in [-0.2, -0.15) is 4.98 Å². The zero-order valence-corrected chi connectivity index (χ0v) is 24.3. The van der Waals surface area contributed by atoms with Crippen LogP contribution in [0.3, 0.4) is 0 Å². The molecule has 3 aliphatic rings. The second-order valence-corrected chi connectivity index (χ2v) is 11.6. The number of piperazine rings is 1. The molecule has 2 aliphatic heterocycles. The zero-order chi connectivity index (χ0) is 28.3. The number of benzene rings is 1. The van der Waals surface area contributed by atoms with Crippen molar-refractivity contribution in [3.63, 3.8) is 0 Å². The summed E-state index contributed by atoms with van der Waals surface area (Å²) < 4.78 is 5.71. The molecule has 2 N–H and O–H groups in total. The van der Waals surface area contributed by atoms with Crippen LogP contribution in [0.25, 0.3) is 0 Å². The average Bonchev–Trinajstić information content (AvgIpc) is 2.98. The highest BCUT2D eigenvalue weighted by atomic mass is 16.5. The van der Waals surface area contributed by atoms with Gasteiger partial charge < -0.3 is 25.2 Å². The molecule has 0 atom stereocenters. The van der Waals surface area contributed by atoms with Gasteiger partial charge in [-0.3, -0.25) is 9.69 Å². The molecule has 0 spiro atoms. The van der Waals surface area contributed by atoms with Gasteiger partial charge in [0.1, 0.15) is 11.6 Å². The monoisotopic (exact) mass is 556 g/mol. The number of anilines is 6. The topological polar surface area (TPSA) is 98.8 Å². The van der Waals surface area contributed by atoms with Crippen LogP contribution >= 0.6 is 0 Å². The van der Waals surface area contributed by atoms with Gasteiger partial charge in [0.15, 0.2) is 18.2 Å². The second-order valence-electron chi connectivity index (χ2n) is 11.6. The van der Waals surface area contributed by atoms with Gasteiger partial charge in [-0.25, -0.2) is 9.97 Å². The Balaban J connectivity index is 1.17. The van der Waals surface area contributed by atoms with E-state index in [1.165, 1.54) is 30.5 Å². The summed E-state index contributed by atoms with van der Waals surface area (Å²) >= 11 is 0. The smallest absolute Gasteiger partial charge is 0.266 e. The van der Waals surface area contributed by atoms with Crippen molar-refractivity contribution >= 4 is 40.7 Å². The summed E-state index contributed by atoms with van der Waals surface area (Å²) in [7, 11) is 2.17. The first kappa shape index (κ1) is 27.3. The molecular formula is C31H40N8O2.